The van der Waals surface area contributed by atoms with Crippen LogP contribution in [0.5, 0.6) is 5.75 Å². The van der Waals surface area contributed by atoms with Crippen LogP contribution in [0.15, 0.2) is 42.5 Å². The molecule has 2 aromatic rings. The van der Waals surface area contributed by atoms with Crippen LogP contribution in [-0.4, -0.2) is 6.61 Å². The van der Waals surface area contributed by atoms with E-state index in [0.717, 1.165) is 12.4 Å². The second-order valence-electron chi connectivity index (χ2n) is 5.86. The molecule has 1 N–H and O–H groups in total. The van der Waals surface area contributed by atoms with Crippen LogP contribution in [0.2, 0.25) is 0 Å². The SMILES string of the molecule is Cc1ccc2c(c1)C(NC1COc3ccccc31)CC2. The van der Waals surface area contributed by atoms with E-state index in [0.29, 0.717) is 12.1 Å². The van der Waals surface area contributed by atoms with Crippen molar-refractivity contribution < 1.29 is 4.74 Å². The van der Waals surface area contributed by atoms with Gasteiger partial charge < -0.3 is 10.1 Å². The maximum absolute atomic E-state index is 5.77. The molecule has 4 rings (SSSR count). The molecule has 0 saturated heterocycles. The highest BCUT2D eigenvalue weighted by Gasteiger charge is 2.29. The Morgan fingerprint density at radius 2 is 1.95 bits per heavy atom. The fourth-order valence-corrected chi connectivity index (χ4v) is 3.44. The molecule has 0 radical (unpaired) electrons. The molecule has 0 saturated carbocycles. The third kappa shape index (κ3) is 1.92. The Labute approximate surface area is 119 Å². The first-order valence-electron chi connectivity index (χ1n) is 7.38. The van der Waals surface area contributed by atoms with Gasteiger partial charge >= 0.3 is 0 Å². The number of benzene rings is 2. The van der Waals surface area contributed by atoms with Crippen molar-refractivity contribution in [1.29, 1.82) is 0 Å². The Kier molecular flexibility index (Phi) is 2.78. The third-order valence-electron chi connectivity index (χ3n) is 4.48. The van der Waals surface area contributed by atoms with Gasteiger partial charge in [-0.3, -0.25) is 0 Å². The lowest BCUT2D eigenvalue weighted by Gasteiger charge is -2.19. The van der Waals surface area contributed by atoms with E-state index in [1.165, 1.54) is 35.1 Å². The van der Waals surface area contributed by atoms with Crippen LogP contribution in [0.4, 0.5) is 0 Å². The minimum Gasteiger partial charge on any atom is -0.491 e. The Hall–Kier alpha value is -1.80. The van der Waals surface area contributed by atoms with Gasteiger partial charge in [-0.2, -0.15) is 0 Å². The molecule has 2 heteroatoms. The lowest BCUT2D eigenvalue weighted by atomic mass is 10.0. The van der Waals surface area contributed by atoms with Crippen LogP contribution >= 0.6 is 0 Å². The Morgan fingerprint density at radius 3 is 2.90 bits per heavy atom. The summed E-state index contributed by atoms with van der Waals surface area (Å²) >= 11 is 0. The molecule has 1 aliphatic heterocycles. The smallest absolute Gasteiger partial charge is 0.124 e. The topological polar surface area (TPSA) is 21.3 Å². The second kappa shape index (κ2) is 4.64. The van der Waals surface area contributed by atoms with Crippen LogP contribution in [0.1, 0.15) is 40.8 Å². The molecular formula is C18H19NO. The van der Waals surface area contributed by atoms with E-state index in [9.17, 15) is 0 Å². The summed E-state index contributed by atoms with van der Waals surface area (Å²) in [5, 5.41) is 3.79. The largest absolute Gasteiger partial charge is 0.491 e. The van der Waals surface area contributed by atoms with Crippen LogP contribution in [0, 0.1) is 6.92 Å². The van der Waals surface area contributed by atoms with Gasteiger partial charge in [0.1, 0.15) is 12.4 Å². The average molecular weight is 265 g/mol. The van der Waals surface area contributed by atoms with Crippen molar-refractivity contribution in [2.24, 2.45) is 0 Å². The summed E-state index contributed by atoms with van der Waals surface area (Å²) < 4.78 is 5.77. The van der Waals surface area contributed by atoms with Gasteiger partial charge in [-0.25, -0.2) is 0 Å². The van der Waals surface area contributed by atoms with Crippen molar-refractivity contribution in [3.63, 3.8) is 0 Å². The van der Waals surface area contributed by atoms with E-state index in [1.807, 2.05) is 6.07 Å². The minimum atomic E-state index is 0.322. The van der Waals surface area contributed by atoms with Crippen molar-refractivity contribution in [2.45, 2.75) is 31.8 Å². The molecule has 0 spiro atoms. The van der Waals surface area contributed by atoms with Gasteiger partial charge in [0.05, 0.1) is 6.04 Å². The van der Waals surface area contributed by atoms with Gasteiger partial charge in [0, 0.05) is 11.6 Å². The summed E-state index contributed by atoms with van der Waals surface area (Å²) in [5.41, 5.74) is 5.63. The Bertz CT molecular complexity index is 650. The Morgan fingerprint density at radius 1 is 1.05 bits per heavy atom. The average Bonchev–Trinajstić information content (AvgIpc) is 3.05. The van der Waals surface area contributed by atoms with Crippen LogP contribution in [-0.2, 0) is 6.42 Å². The van der Waals surface area contributed by atoms with E-state index >= 15 is 0 Å². The van der Waals surface area contributed by atoms with Crippen LogP contribution in [0.25, 0.3) is 0 Å². The van der Waals surface area contributed by atoms with Crippen molar-refractivity contribution in [2.75, 3.05) is 6.61 Å². The molecule has 0 bridgehead atoms. The second-order valence-corrected chi connectivity index (χ2v) is 5.86. The lowest BCUT2D eigenvalue weighted by Crippen LogP contribution is -2.26. The molecule has 2 atom stereocenters. The molecular weight excluding hydrogens is 246 g/mol. The van der Waals surface area contributed by atoms with Crippen molar-refractivity contribution >= 4 is 0 Å². The highest BCUT2D eigenvalue weighted by atomic mass is 16.5. The number of para-hydroxylation sites is 1. The molecule has 2 aliphatic rings. The first kappa shape index (κ1) is 12.0. The maximum atomic E-state index is 5.77. The number of hydrogen-bond acceptors (Lipinski definition) is 2. The normalized spacial score (nSPS) is 23.2. The molecule has 20 heavy (non-hydrogen) atoms. The summed E-state index contributed by atoms with van der Waals surface area (Å²) in [5.74, 6) is 1.03. The fraction of sp³-hybridized carbons (Fsp3) is 0.333. The monoisotopic (exact) mass is 265 g/mol. The summed E-state index contributed by atoms with van der Waals surface area (Å²) in [7, 11) is 0. The highest BCUT2D eigenvalue weighted by Crippen LogP contribution is 2.37. The molecule has 1 aliphatic carbocycles. The molecule has 2 unspecified atom stereocenters. The van der Waals surface area contributed by atoms with E-state index in [4.69, 9.17) is 4.74 Å². The molecule has 102 valence electrons. The van der Waals surface area contributed by atoms with Gasteiger partial charge in [0.15, 0.2) is 0 Å². The standard InChI is InChI=1S/C18H19NO/c1-12-6-7-13-8-9-16(15(13)10-12)19-17-11-20-18-5-3-2-4-14(17)18/h2-7,10,16-17,19H,8-9,11H2,1H3. The van der Waals surface area contributed by atoms with Gasteiger partial charge in [-0.1, -0.05) is 42.0 Å². The van der Waals surface area contributed by atoms with Crippen LogP contribution < -0.4 is 10.1 Å². The summed E-state index contributed by atoms with van der Waals surface area (Å²) in [6.07, 6.45) is 2.37. The number of nitrogens with one attached hydrogen (secondary N) is 1. The summed E-state index contributed by atoms with van der Waals surface area (Å²) in [4.78, 5) is 0. The highest BCUT2D eigenvalue weighted by molar-refractivity contribution is 5.41. The van der Waals surface area contributed by atoms with Gasteiger partial charge in [-0.15, -0.1) is 0 Å². The number of rotatable bonds is 2. The zero-order chi connectivity index (χ0) is 13.5. The summed E-state index contributed by atoms with van der Waals surface area (Å²) in [6, 6.07) is 16.0. The van der Waals surface area contributed by atoms with Crippen molar-refractivity contribution in [1.82, 2.24) is 5.32 Å². The van der Waals surface area contributed by atoms with E-state index in [1.54, 1.807) is 0 Å². The molecule has 1 heterocycles. The van der Waals surface area contributed by atoms with Crippen molar-refractivity contribution in [3.8, 4) is 5.75 Å². The van der Waals surface area contributed by atoms with E-state index < -0.39 is 0 Å². The zero-order valence-electron chi connectivity index (χ0n) is 11.7. The molecule has 2 aromatic carbocycles. The molecule has 0 aromatic heterocycles. The van der Waals surface area contributed by atoms with Gasteiger partial charge in [0.25, 0.3) is 0 Å². The maximum Gasteiger partial charge on any atom is 0.124 e. The first-order chi connectivity index (χ1) is 9.81. The molecule has 0 fully saturated rings. The predicted molar refractivity (Wildman–Crippen MR) is 80.1 cm³/mol. The van der Waals surface area contributed by atoms with E-state index in [-0.39, 0.29) is 0 Å². The molecule has 0 amide bonds. The van der Waals surface area contributed by atoms with Gasteiger partial charge in [0.2, 0.25) is 0 Å². The third-order valence-corrected chi connectivity index (χ3v) is 4.48. The summed E-state index contributed by atoms with van der Waals surface area (Å²) in [6.45, 7) is 2.92. The first-order valence-corrected chi connectivity index (χ1v) is 7.38. The number of ether oxygens (including phenoxy) is 1. The molecule has 2 nitrogen and oxygen atoms in total. The lowest BCUT2D eigenvalue weighted by molar-refractivity contribution is 0.297. The fourth-order valence-electron chi connectivity index (χ4n) is 3.44. The van der Waals surface area contributed by atoms with Crippen molar-refractivity contribution in [3.05, 3.63) is 64.7 Å². The van der Waals surface area contributed by atoms with E-state index in [2.05, 4.69) is 48.6 Å². The quantitative estimate of drug-likeness (QED) is 0.894. The zero-order valence-corrected chi connectivity index (χ0v) is 11.7. The number of hydrogen-bond donors (Lipinski definition) is 1. The number of aryl methyl sites for hydroxylation is 2. The van der Waals surface area contributed by atoms with Gasteiger partial charge in [-0.05, 0) is 37.0 Å². The Balaban J connectivity index is 1.59. The van der Waals surface area contributed by atoms with Crippen LogP contribution in [0.3, 0.4) is 0 Å². The number of fused-ring (bicyclic) bond motifs is 2. The minimum absolute atomic E-state index is 0.322. The predicted octanol–water partition coefficient (Wildman–Crippen LogP) is 3.71.